The highest BCUT2D eigenvalue weighted by Crippen LogP contribution is 2.40. The molecule has 2 saturated heterocycles. The van der Waals surface area contributed by atoms with E-state index in [0.29, 0.717) is 25.4 Å². The molecule has 2 amide bonds. The quantitative estimate of drug-likeness (QED) is 0.764. The molecule has 2 heterocycles. The van der Waals surface area contributed by atoms with Crippen molar-refractivity contribution in [3.05, 3.63) is 0 Å². The number of fused-ring (bicyclic) bond motifs is 1. The first-order chi connectivity index (χ1) is 10.1. The second kappa shape index (κ2) is 5.83. The van der Waals surface area contributed by atoms with Gasteiger partial charge in [0.2, 0.25) is 0 Å². The number of aliphatic hydroxyl groups is 1. The van der Waals surface area contributed by atoms with Crippen molar-refractivity contribution in [2.75, 3.05) is 13.1 Å². The van der Waals surface area contributed by atoms with Crippen molar-refractivity contribution in [3.8, 4) is 0 Å². The van der Waals surface area contributed by atoms with Gasteiger partial charge in [-0.25, -0.2) is 9.59 Å². The SMILES string of the molecule is O=C(O)C1CC2CCCCC2N1C(=O)N1CCCC(O)C1. The molecule has 3 fully saturated rings. The third-order valence-electron chi connectivity index (χ3n) is 5.26. The smallest absolute Gasteiger partial charge is 0.326 e. The minimum absolute atomic E-state index is 0.0754. The number of carboxylic acids is 1. The zero-order valence-corrected chi connectivity index (χ0v) is 12.3. The number of hydrogen-bond acceptors (Lipinski definition) is 3. The zero-order valence-electron chi connectivity index (χ0n) is 12.3. The van der Waals surface area contributed by atoms with E-state index >= 15 is 0 Å². The normalized spacial score (nSPS) is 36.4. The van der Waals surface area contributed by atoms with E-state index in [2.05, 4.69) is 0 Å². The lowest BCUT2D eigenvalue weighted by atomic mass is 9.85. The highest BCUT2D eigenvalue weighted by atomic mass is 16.4. The molecule has 4 unspecified atom stereocenters. The predicted octanol–water partition coefficient (Wildman–Crippen LogP) is 1.28. The molecule has 6 nitrogen and oxygen atoms in total. The first kappa shape index (κ1) is 14.6. The Bertz CT molecular complexity index is 428. The van der Waals surface area contributed by atoms with Gasteiger partial charge >= 0.3 is 12.0 Å². The Morgan fingerprint density at radius 2 is 1.81 bits per heavy atom. The first-order valence-corrected chi connectivity index (χ1v) is 8.06. The third kappa shape index (κ3) is 2.73. The van der Waals surface area contributed by atoms with E-state index in [-0.39, 0.29) is 12.1 Å². The number of urea groups is 1. The van der Waals surface area contributed by atoms with E-state index in [0.717, 1.165) is 38.5 Å². The summed E-state index contributed by atoms with van der Waals surface area (Å²) in [6.45, 7) is 0.954. The Labute approximate surface area is 124 Å². The van der Waals surface area contributed by atoms with Crippen molar-refractivity contribution < 1.29 is 19.8 Å². The molecule has 0 aromatic heterocycles. The average Bonchev–Trinajstić information content (AvgIpc) is 2.86. The minimum Gasteiger partial charge on any atom is -0.480 e. The fourth-order valence-electron chi connectivity index (χ4n) is 4.25. The molecule has 0 bridgehead atoms. The van der Waals surface area contributed by atoms with Crippen LogP contribution in [0.2, 0.25) is 0 Å². The van der Waals surface area contributed by atoms with Gasteiger partial charge in [-0.1, -0.05) is 12.8 Å². The maximum absolute atomic E-state index is 12.8. The van der Waals surface area contributed by atoms with Crippen LogP contribution in [0.15, 0.2) is 0 Å². The average molecular weight is 296 g/mol. The standard InChI is InChI=1S/C15H24N2O4/c18-11-5-3-7-16(9-11)15(21)17-12-6-2-1-4-10(12)8-13(17)14(19)20/h10-13,18H,1-9H2,(H,19,20). The van der Waals surface area contributed by atoms with Crippen LogP contribution in [-0.4, -0.2) is 63.3 Å². The van der Waals surface area contributed by atoms with Gasteiger partial charge in [-0.05, 0) is 38.0 Å². The Hall–Kier alpha value is -1.30. The van der Waals surface area contributed by atoms with Gasteiger partial charge in [-0.15, -0.1) is 0 Å². The molecule has 1 aliphatic carbocycles. The van der Waals surface area contributed by atoms with Crippen LogP contribution in [0.4, 0.5) is 4.79 Å². The summed E-state index contributed by atoms with van der Waals surface area (Å²) in [6.07, 6.45) is 5.76. The van der Waals surface area contributed by atoms with E-state index in [9.17, 15) is 19.8 Å². The van der Waals surface area contributed by atoms with Crippen molar-refractivity contribution in [3.63, 3.8) is 0 Å². The Morgan fingerprint density at radius 1 is 1.05 bits per heavy atom. The predicted molar refractivity (Wildman–Crippen MR) is 75.8 cm³/mol. The fourth-order valence-corrected chi connectivity index (χ4v) is 4.25. The number of aliphatic carboxylic acids is 1. The molecule has 0 radical (unpaired) electrons. The van der Waals surface area contributed by atoms with Crippen molar-refractivity contribution in [2.24, 2.45) is 5.92 Å². The van der Waals surface area contributed by atoms with E-state index in [1.165, 1.54) is 0 Å². The number of carboxylic acid groups (broad SMARTS) is 1. The monoisotopic (exact) mass is 296 g/mol. The maximum atomic E-state index is 12.8. The van der Waals surface area contributed by atoms with E-state index in [1.807, 2.05) is 0 Å². The lowest BCUT2D eigenvalue weighted by molar-refractivity contribution is -0.141. The van der Waals surface area contributed by atoms with Crippen molar-refractivity contribution in [1.82, 2.24) is 9.80 Å². The zero-order chi connectivity index (χ0) is 15.0. The fraction of sp³-hybridized carbons (Fsp3) is 0.867. The Kier molecular flexibility index (Phi) is 4.06. The lowest BCUT2D eigenvalue weighted by Crippen LogP contribution is -2.54. The molecule has 2 aliphatic heterocycles. The summed E-state index contributed by atoms with van der Waals surface area (Å²) in [7, 11) is 0. The van der Waals surface area contributed by atoms with Gasteiger partial charge in [0.1, 0.15) is 6.04 Å². The van der Waals surface area contributed by atoms with Crippen LogP contribution >= 0.6 is 0 Å². The molecule has 2 N–H and O–H groups in total. The van der Waals surface area contributed by atoms with Crippen LogP contribution in [0.5, 0.6) is 0 Å². The van der Waals surface area contributed by atoms with Gasteiger partial charge in [0, 0.05) is 19.1 Å². The summed E-state index contributed by atoms with van der Waals surface area (Å²) in [5.74, 6) is -0.561. The van der Waals surface area contributed by atoms with Crippen LogP contribution in [0, 0.1) is 5.92 Å². The molecule has 3 rings (SSSR count). The molecule has 1 saturated carbocycles. The van der Waals surface area contributed by atoms with Crippen molar-refractivity contribution in [2.45, 2.75) is 63.1 Å². The molecule has 0 aromatic carbocycles. The molecule has 3 aliphatic rings. The Balaban J connectivity index is 1.79. The summed E-state index contributed by atoms with van der Waals surface area (Å²) >= 11 is 0. The van der Waals surface area contributed by atoms with Crippen LogP contribution in [0.1, 0.15) is 44.9 Å². The van der Waals surface area contributed by atoms with Crippen molar-refractivity contribution in [1.29, 1.82) is 0 Å². The number of rotatable bonds is 1. The number of hydrogen-bond donors (Lipinski definition) is 2. The molecular formula is C15H24N2O4. The summed E-state index contributed by atoms with van der Waals surface area (Å²) < 4.78 is 0. The molecule has 21 heavy (non-hydrogen) atoms. The van der Waals surface area contributed by atoms with Crippen LogP contribution in [-0.2, 0) is 4.79 Å². The summed E-state index contributed by atoms with van der Waals surface area (Å²) in [5.41, 5.74) is 0. The molecular weight excluding hydrogens is 272 g/mol. The van der Waals surface area contributed by atoms with E-state index in [4.69, 9.17) is 0 Å². The number of carbonyl (C=O) groups excluding carboxylic acids is 1. The summed E-state index contributed by atoms with van der Waals surface area (Å²) in [6, 6.07) is -0.799. The van der Waals surface area contributed by atoms with Gasteiger partial charge in [-0.2, -0.15) is 0 Å². The van der Waals surface area contributed by atoms with Gasteiger partial charge in [0.25, 0.3) is 0 Å². The lowest BCUT2D eigenvalue weighted by Gasteiger charge is -2.39. The maximum Gasteiger partial charge on any atom is 0.326 e. The second-order valence-electron chi connectivity index (χ2n) is 6.63. The number of amides is 2. The Morgan fingerprint density at radius 3 is 2.52 bits per heavy atom. The highest BCUT2D eigenvalue weighted by molar-refractivity contribution is 5.84. The van der Waals surface area contributed by atoms with E-state index in [1.54, 1.807) is 9.80 Å². The first-order valence-electron chi connectivity index (χ1n) is 8.06. The highest BCUT2D eigenvalue weighted by Gasteiger charge is 2.48. The van der Waals surface area contributed by atoms with Gasteiger partial charge in [-0.3, -0.25) is 0 Å². The molecule has 0 aromatic rings. The minimum atomic E-state index is -0.893. The van der Waals surface area contributed by atoms with Crippen molar-refractivity contribution >= 4 is 12.0 Å². The number of piperidine rings is 1. The van der Waals surface area contributed by atoms with E-state index < -0.39 is 18.1 Å². The van der Waals surface area contributed by atoms with Crippen LogP contribution in [0.25, 0.3) is 0 Å². The van der Waals surface area contributed by atoms with Gasteiger partial charge < -0.3 is 20.0 Å². The second-order valence-corrected chi connectivity index (χ2v) is 6.63. The molecule has 6 heteroatoms. The number of aliphatic hydroxyl groups excluding tert-OH is 1. The molecule has 4 atom stereocenters. The third-order valence-corrected chi connectivity index (χ3v) is 5.26. The van der Waals surface area contributed by atoms with Gasteiger partial charge in [0.05, 0.1) is 6.10 Å². The van der Waals surface area contributed by atoms with Gasteiger partial charge in [0.15, 0.2) is 0 Å². The number of carbonyl (C=O) groups is 2. The number of nitrogens with zero attached hydrogens (tertiary/aromatic N) is 2. The van der Waals surface area contributed by atoms with Crippen LogP contribution < -0.4 is 0 Å². The number of likely N-dealkylation sites (tertiary alicyclic amines) is 2. The molecule has 118 valence electrons. The van der Waals surface area contributed by atoms with Crippen LogP contribution in [0.3, 0.4) is 0 Å². The molecule has 0 spiro atoms. The topological polar surface area (TPSA) is 81.1 Å². The largest absolute Gasteiger partial charge is 0.480 e. The number of β-amino-alcohol motifs (C(OH)–C–C–N with tert-alkyl or cyclic N) is 1. The summed E-state index contributed by atoms with van der Waals surface area (Å²) in [5, 5.41) is 19.2. The summed E-state index contributed by atoms with van der Waals surface area (Å²) in [4.78, 5) is 27.6.